The zero-order chi connectivity index (χ0) is 32.1. The fourth-order valence-electron chi connectivity index (χ4n) is 7.73. The number of hydrogen-bond acceptors (Lipinski definition) is 3. The fraction of sp³-hybridized carbons (Fsp3) is 0. The van der Waals surface area contributed by atoms with Crippen LogP contribution in [0, 0.1) is 0 Å². The van der Waals surface area contributed by atoms with Crippen LogP contribution >= 0.6 is 11.3 Å². The topological polar surface area (TPSA) is 31.0 Å². The van der Waals surface area contributed by atoms with Gasteiger partial charge in [0.05, 0.1) is 21.3 Å². The predicted molar refractivity (Wildman–Crippen MR) is 207 cm³/mol. The van der Waals surface area contributed by atoms with Crippen LogP contribution in [-0.2, 0) is 0 Å². The van der Waals surface area contributed by atoms with Crippen molar-refractivity contribution in [2.24, 2.45) is 0 Å². The molecule has 0 aliphatic carbocycles. The standard InChI is InChI=1S/C45H26N2OS/c1-2-10-27(11-3-1)35-26-37-44(42-34-16-8-9-17-40(34)48-43(35)42)49-45(46-37)29-18-21-32(22-19-29)47-38-23-20-28-12-6-7-15-33(28)41(38)36-24-30-13-4-5-14-31(30)25-39(36)47/h1-26H. The molecule has 8 aromatic carbocycles. The number of thiazole rings is 1. The van der Waals surface area contributed by atoms with Crippen molar-refractivity contribution < 1.29 is 4.42 Å². The Morgan fingerprint density at radius 3 is 2.06 bits per heavy atom. The molecule has 0 bridgehead atoms. The van der Waals surface area contributed by atoms with Crippen molar-refractivity contribution in [1.29, 1.82) is 0 Å². The molecule has 0 spiro atoms. The summed E-state index contributed by atoms with van der Waals surface area (Å²) in [5, 5.41) is 10.8. The van der Waals surface area contributed by atoms with Crippen LogP contribution in [0.4, 0.5) is 0 Å². The van der Waals surface area contributed by atoms with Crippen molar-refractivity contribution in [3.8, 4) is 27.4 Å². The highest BCUT2D eigenvalue weighted by Crippen LogP contribution is 2.45. The average Bonchev–Trinajstić information content (AvgIpc) is 3.86. The van der Waals surface area contributed by atoms with Gasteiger partial charge in [-0.1, -0.05) is 103 Å². The third kappa shape index (κ3) is 3.92. The molecule has 0 unspecified atom stereocenters. The Hall–Kier alpha value is -6.23. The maximum atomic E-state index is 6.52. The van der Waals surface area contributed by atoms with Gasteiger partial charge in [0.1, 0.15) is 16.2 Å². The normalized spacial score (nSPS) is 12.1. The van der Waals surface area contributed by atoms with Crippen LogP contribution in [0.2, 0.25) is 0 Å². The Labute approximate surface area is 284 Å². The molecular weight excluding hydrogens is 617 g/mol. The number of rotatable bonds is 3. The largest absolute Gasteiger partial charge is 0.455 e. The summed E-state index contributed by atoms with van der Waals surface area (Å²) in [7, 11) is 0. The number of aromatic nitrogens is 2. The van der Waals surface area contributed by atoms with E-state index in [0.717, 1.165) is 59.5 Å². The summed E-state index contributed by atoms with van der Waals surface area (Å²) in [6, 6.07) is 56.5. The Morgan fingerprint density at radius 1 is 0.510 bits per heavy atom. The molecule has 0 saturated heterocycles. The van der Waals surface area contributed by atoms with Crippen molar-refractivity contribution in [3.63, 3.8) is 0 Å². The van der Waals surface area contributed by atoms with E-state index in [4.69, 9.17) is 9.40 Å². The van der Waals surface area contributed by atoms with Gasteiger partial charge >= 0.3 is 0 Å². The Kier molecular flexibility index (Phi) is 5.54. The quantitative estimate of drug-likeness (QED) is 0.192. The van der Waals surface area contributed by atoms with Crippen LogP contribution in [-0.4, -0.2) is 9.55 Å². The number of hydrogen-bond donors (Lipinski definition) is 0. The summed E-state index contributed by atoms with van der Waals surface area (Å²) in [5.74, 6) is 0. The van der Waals surface area contributed by atoms with Crippen LogP contribution in [0.15, 0.2) is 162 Å². The molecule has 0 aliphatic heterocycles. The van der Waals surface area contributed by atoms with Crippen molar-refractivity contribution in [2.75, 3.05) is 0 Å². The summed E-state index contributed by atoms with van der Waals surface area (Å²) in [5.41, 5.74) is 9.64. The molecule has 0 saturated carbocycles. The second-order valence-electron chi connectivity index (χ2n) is 12.7. The summed E-state index contributed by atoms with van der Waals surface area (Å²) in [4.78, 5) is 5.24. The van der Waals surface area contributed by atoms with Gasteiger partial charge in [-0.15, -0.1) is 11.3 Å². The minimum Gasteiger partial charge on any atom is -0.455 e. The SMILES string of the molecule is c1ccc(-c2cc3nc(-c4ccc(-n5c6cc7ccccc7cc6c6c7ccccc7ccc65)cc4)sc3c3c2oc2ccccc23)cc1. The molecule has 0 aliphatic rings. The Morgan fingerprint density at radius 2 is 1.22 bits per heavy atom. The lowest BCUT2D eigenvalue weighted by atomic mass is 10.0. The molecule has 49 heavy (non-hydrogen) atoms. The zero-order valence-electron chi connectivity index (χ0n) is 26.2. The first-order chi connectivity index (χ1) is 24.3. The van der Waals surface area contributed by atoms with E-state index >= 15 is 0 Å². The zero-order valence-corrected chi connectivity index (χ0v) is 27.0. The van der Waals surface area contributed by atoms with Gasteiger partial charge < -0.3 is 8.98 Å². The van der Waals surface area contributed by atoms with Gasteiger partial charge in [-0.05, 0) is 81.7 Å². The van der Waals surface area contributed by atoms with Gasteiger partial charge in [0, 0.05) is 38.4 Å². The number of nitrogens with zero attached hydrogens (tertiary/aromatic N) is 2. The van der Waals surface area contributed by atoms with Gasteiger partial charge in [0.25, 0.3) is 0 Å². The summed E-state index contributed by atoms with van der Waals surface area (Å²) in [6.45, 7) is 0. The van der Waals surface area contributed by atoms with Crippen molar-refractivity contribution >= 4 is 86.8 Å². The van der Waals surface area contributed by atoms with E-state index in [1.807, 2.05) is 12.1 Å². The third-order valence-corrected chi connectivity index (χ3v) is 11.1. The number of furan rings is 1. The van der Waals surface area contributed by atoms with E-state index in [1.54, 1.807) is 11.3 Å². The maximum absolute atomic E-state index is 6.52. The smallest absolute Gasteiger partial charge is 0.144 e. The van der Waals surface area contributed by atoms with E-state index < -0.39 is 0 Å². The Balaban J connectivity index is 1.11. The van der Waals surface area contributed by atoms with E-state index in [2.05, 4.69) is 150 Å². The molecule has 4 heteroatoms. The second-order valence-corrected chi connectivity index (χ2v) is 13.7. The molecule has 11 aromatic rings. The molecule has 3 heterocycles. The summed E-state index contributed by atoms with van der Waals surface area (Å²) < 4.78 is 10.1. The lowest BCUT2D eigenvalue weighted by Crippen LogP contribution is -1.94. The first-order valence-electron chi connectivity index (χ1n) is 16.5. The molecule has 228 valence electrons. The lowest BCUT2D eigenvalue weighted by molar-refractivity contribution is 0.670. The van der Waals surface area contributed by atoms with Crippen LogP contribution in [0.3, 0.4) is 0 Å². The summed E-state index contributed by atoms with van der Waals surface area (Å²) >= 11 is 1.74. The molecule has 11 rings (SSSR count). The monoisotopic (exact) mass is 642 g/mol. The molecule has 3 aromatic heterocycles. The van der Waals surface area contributed by atoms with Crippen LogP contribution < -0.4 is 0 Å². The molecular formula is C45H26N2OS. The highest BCUT2D eigenvalue weighted by molar-refractivity contribution is 7.22. The van der Waals surface area contributed by atoms with Gasteiger partial charge in [-0.25, -0.2) is 4.98 Å². The Bertz CT molecular complexity index is 3090. The van der Waals surface area contributed by atoms with Crippen LogP contribution in [0.5, 0.6) is 0 Å². The molecule has 0 radical (unpaired) electrons. The van der Waals surface area contributed by atoms with Gasteiger partial charge in [0.2, 0.25) is 0 Å². The average molecular weight is 643 g/mol. The number of benzene rings is 8. The molecule has 0 fully saturated rings. The van der Waals surface area contributed by atoms with E-state index in [-0.39, 0.29) is 0 Å². The molecule has 3 nitrogen and oxygen atoms in total. The first-order valence-corrected chi connectivity index (χ1v) is 17.4. The third-order valence-electron chi connectivity index (χ3n) is 9.98. The van der Waals surface area contributed by atoms with E-state index in [1.165, 1.54) is 43.4 Å². The molecule has 0 N–H and O–H groups in total. The van der Waals surface area contributed by atoms with E-state index in [9.17, 15) is 0 Å². The summed E-state index contributed by atoms with van der Waals surface area (Å²) in [6.07, 6.45) is 0. The van der Waals surface area contributed by atoms with Gasteiger partial charge in [-0.3, -0.25) is 0 Å². The van der Waals surface area contributed by atoms with Crippen molar-refractivity contribution in [3.05, 3.63) is 158 Å². The minimum atomic E-state index is 0.896. The van der Waals surface area contributed by atoms with E-state index in [0.29, 0.717) is 0 Å². The van der Waals surface area contributed by atoms with Gasteiger partial charge in [0.15, 0.2) is 0 Å². The number of para-hydroxylation sites is 1. The predicted octanol–water partition coefficient (Wildman–Crippen LogP) is 12.9. The van der Waals surface area contributed by atoms with Crippen LogP contribution in [0.25, 0.3) is 103 Å². The van der Waals surface area contributed by atoms with Crippen LogP contribution in [0.1, 0.15) is 0 Å². The molecule has 0 atom stereocenters. The van der Waals surface area contributed by atoms with Gasteiger partial charge in [-0.2, -0.15) is 0 Å². The highest BCUT2D eigenvalue weighted by Gasteiger charge is 2.20. The first kappa shape index (κ1) is 26.8. The minimum absolute atomic E-state index is 0.896. The van der Waals surface area contributed by atoms with Crippen molar-refractivity contribution in [2.45, 2.75) is 0 Å². The second kappa shape index (κ2) is 10.1. The highest BCUT2D eigenvalue weighted by atomic mass is 32.1. The maximum Gasteiger partial charge on any atom is 0.144 e. The fourth-order valence-corrected chi connectivity index (χ4v) is 8.84. The van der Waals surface area contributed by atoms with Crippen molar-refractivity contribution in [1.82, 2.24) is 9.55 Å². The lowest BCUT2D eigenvalue weighted by Gasteiger charge is -2.09. The number of fused-ring (bicyclic) bond motifs is 11. The molecule has 0 amide bonds.